The fourth-order valence-electron chi connectivity index (χ4n) is 2.05. The molecule has 1 aromatic rings. The summed E-state index contributed by atoms with van der Waals surface area (Å²) in [5.74, 6) is -1.11. The van der Waals surface area contributed by atoms with Crippen LogP contribution in [0.3, 0.4) is 0 Å². The number of carbonyl (C=O) groups excluding carboxylic acids is 1. The summed E-state index contributed by atoms with van der Waals surface area (Å²) in [7, 11) is 0. The summed E-state index contributed by atoms with van der Waals surface area (Å²) in [4.78, 5) is 24.6. The fraction of sp³-hybridized carbons (Fsp3) is 0.429. The monoisotopic (exact) mass is 330 g/mol. The van der Waals surface area contributed by atoms with Gasteiger partial charge in [-0.05, 0) is 25.0 Å². The molecule has 1 aliphatic carbocycles. The number of amides is 1. The molecule has 1 amide bonds. The first-order valence-corrected chi connectivity index (χ1v) is 7.42. The lowest BCUT2D eigenvalue weighted by atomic mass is 10.3. The minimum Gasteiger partial charge on any atom is -0.481 e. The molecule has 2 rings (SSSR count). The largest absolute Gasteiger partial charge is 0.481 e. The Bertz CT molecular complexity index is 527. The topological polar surface area (TPSA) is 69.6 Å². The number of anilines is 1. The van der Waals surface area contributed by atoms with E-state index in [2.05, 4.69) is 5.32 Å². The van der Waals surface area contributed by atoms with Gasteiger partial charge in [-0.2, -0.15) is 0 Å². The fourth-order valence-corrected chi connectivity index (χ4v) is 2.54. The molecule has 0 spiro atoms. The maximum absolute atomic E-state index is 12.1. The van der Waals surface area contributed by atoms with E-state index in [1.807, 2.05) is 4.90 Å². The Labute approximate surface area is 132 Å². The van der Waals surface area contributed by atoms with Gasteiger partial charge in [0.2, 0.25) is 5.91 Å². The van der Waals surface area contributed by atoms with E-state index in [-0.39, 0.29) is 18.9 Å². The van der Waals surface area contributed by atoms with E-state index in [4.69, 9.17) is 28.3 Å². The van der Waals surface area contributed by atoms with Crippen molar-refractivity contribution in [3.05, 3.63) is 28.2 Å². The second kappa shape index (κ2) is 7.11. The first-order valence-electron chi connectivity index (χ1n) is 6.67. The predicted octanol–water partition coefficient (Wildman–Crippen LogP) is 2.87. The highest BCUT2D eigenvalue weighted by Gasteiger charge is 2.30. The smallest absolute Gasteiger partial charge is 0.304 e. The van der Waals surface area contributed by atoms with Gasteiger partial charge in [0.05, 0.1) is 28.7 Å². The van der Waals surface area contributed by atoms with Crippen LogP contribution >= 0.6 is 23.2 Å². The Balaban J connectivity index is 1.94. The van der Waals surface area contributed by atoms with Crippen molar-refractivity contribution < 1.29 is 14.7 Å². The Morgan fingerprint density at radius 3 is 2.43 bits per heavy atom. The van der Waals surface area contributed by atoms with Crippen LogP contribution in [0, 0.1) is 0 Å². The minimum absolute atomic E-state index is 0.0244. The number of carboxylic acid groups (broad SMARTS) is 1. The van der Waals surface area contributed by atoms with Gasteiger partial charge in [-0.1, -0.05) is 29.3 Å². The maximum atomic E-state index is 12.1. The second-order valence-corrected chi connectivity index (χ2v) is 5.80. The molecule has 0 aromatic heterocycles. The molecule has 0 bridgehead atoms. The second-order valence-electron chi connectivity index (χ2n) is 4.99. The van der Waals surface area contributed by atoms with E-state index in [9.17, 15) is 9.59 Å². The van der Waals surface area contributed by atoms with Crippen molar-refractivity contribution in [2.75, 3.05) is 18.4 Å². The Morgan fingerprint density at radius 1 is 1.29 bits per heavy atom. The molecule has 0 radical (unpaired) electrons. The molecule has 1 fully saturated rings. The number of halogens is 2. The number of benzene rings is 1. The minimum atomic E-state index is -0.866. The number of nitrogens with one attached hydrogen (secondary N) is 1. The van der Waals surface area contributed by atoms with Crippen molar-refractivity contribution in [1.29, 1.82) is 0 Å². The molecule has 7 heteroatoms. The summed E-state index contributed by atoms with van der Waals surface area (Å²) in [5, 5.41) is 12.2. The number of rotatable bonds is 7. The van der Waals surface area contributed by atoms with Crippen molar-refractivity contribution in [2.24, 2.45) is 0 Å². The first-order chi connectivity index (χ1) is 9.97. The molecule has 0 saturated heterocycles. The van der Waals surface area contributed by atoms with Crippen LogP contribution in [0.25, 0.3) is 0 Å². The van der Waals surface area contributed by atoms with Crippen LogP contribution in [0.2, 0.25) is 10.0 Å². The van der Waals surface area contributed by atoms with E-state index < -0.39 is 5.97 Å². The summed E-state index contributed by atoms with van der Waals surface area (Å²) in [6.07, 6.45) is 2.02. The number of carboxylic acids is 1. The van der Waals surface area contributed by atoms with Crippen molar-refractivity contribution in [2.45, 2.75) is 25.3 Å². The first kappa shape index (κ1) is 16.1. The van der Waals surface area contributed by atoms with Gasteiger partial charge in [-0.3, -0.25) is 14.5 Å². The van der Waals surface area contributed by atoms with Crippen LogP contribution in [0.4, 0.5) is 5.69 Å². The van der Waals surface area contributed by atoms with E-state index in [0.29, 0.717) is 28.3 Å². The Morgan fingerprint density at radius 2 is 1.90 bits per heavy atom. The van der Waals surface area contributed by atoms with Gasteiger partial charge in [-0.15, -0.1) is 0 Å². The van der Waals surface area contributed by atoms with Gasteiger partial charge in [0.15, 0.2) is 0 Å². The highest BCUT2D eigenvalue weighted by atomic mass is 35.5. The lowest BCUT2D eigenvalue weighted by Gasteiger charge is -2.20. The zero-order valence-electron chi connectivity index (χ0n) is 11.3. The zero-order valence-corrected chi connectivity index (χ0v) is 12.8. The van der Waals surface area contributed by atoms with Crippen LogP contribution in [0.5, 0.6) is 0 Å². The van der Waals surface area contributed by atoms with Crippen LogP contribution in [-0.4, -0.2) is 41.0 Å². The van der Waals surface area contributed by atoms with Crippen molar-refractivity contribution >= 4 is 40.8 Å². The SMILES string of the molecule is O=C(O)CCN(CC(=O)Nc1c(Cl)cccc1Cl)C1CC1. The normalized spacial score (nSPS) is 14.2. The average Bonchev–Trinajstić information content (AvgIpc) is 3.23. The summed E-state index contributed by atoms with van der Waals surface area (Å²) in [6.45, 7) is 0.503. The Kier molecular flexibility index (Phi) is 5.45. The highest BCUT2D eigenvalue weighted by molar-refractivity contribution is 6.39. The molecule has 1 aliphatic rings. The van der Waals surface area contributed by atoms with Gasteiger partial charge in [0, 0.05) is 12.6 Å². The number of aliphatic carboxylic acids is 1. The van der Waals surface area contributed by atoms with Crippen LogP contribution in [0.1, 0.15) is 19.3 Å². The summed E-state index contributed by atoms with van der Waals surface area (Å²) in [5.41, 5.74) is 0.389. The molecular weight excluding hydrogens is 315 g/mol. The third-order valence-corrected chi connectivity index (χ3v) is 3.88. The molecule has 0 heterocycles. The van der Waals surface area contributed by atoms with E-state index in [1.165, 1.54) is 0 Å². The molecule has 5 nitrogen and oxygen atoms in total. The summed E-state index contributed by atoms with van der Waals surface area (Å²) < 4.78 is 0. The molecular formula is C14H16Cl2N2O3. The summed E-state index contributed by atoms with van der Waals surface area (Å²) >= 11 is 12.0. The van der Waals surface area contributed by atoms with E-state index in [0.717, 1.165) is 12.8 Å². The average molecular weight is 331 g/mol. The Hall–Kier alpha value is -1.30. The third kappa shape index (κ3) is 4.88. The number of carbonyl (C=O) groups is 2. The van der Waals surface area contributed by atoms with Crippen molar-refractivity contribution in [3.63, 3.8) is 0 Å². The van der Waals surface area contributed by atoms with Gasteiger partial charge < -0.3 is 10.4 Å². The third-order valence-electron chi connectivity index (χ3n) is 3.25. The standard InChI is InChI=1S/C14H16Cl2N2O3/c15-10-2-1-3-11(16)14(10)17-12(19)8-18(9-4-5-9)7-6-13(20)21/h1-3,9H,4-8H2,(H,17,19)(H,20,21). The van der Waals surface area contributed by atoms with Crippen molar-refractivity contribution in [1.82, 2.24) is 4.90 Å². The zero-order chi connectivity index (χ0) is 15.4. The molecule has 21 heavy (non-hydrogen) atoms. The van der Waals surface area contributed by atoms with E-state index in [1.54, 1.807) is 18.2 Å². The lowest BCUT2D eigenvalue weighted by Crippen LogP contribution is -2.36. The van der Waals surface area contributed by atoms with Crippen LogP contribution in [-0.2, 0) is 9.59 Å². The van der Waals surface area contributed by atoms with Gasteiger partial charge in [0.25, 0.3) is 0 Å². The quantitative estimate of drug-likeness (QED) is 0.806. The number of nitrogens with zero attached hydrogens (tertiary/aromatic N) is 1. The van der Waals surface area contributed by atoms with Crippen LogP contribution in [0.15, 0.2) is 18.2 Å². The highest BCUT2D eigenvalue weighted by Crippen LogP contribution is 2.30. The molecule has 2 N–H and O–H groups in total. The van der Waals surface area contributed by atoms with Crippen LogP contribution < -0.4 is 5.32 Å². The molecule has 0 aliphatic heterocycles. The molecule has 114 valence electrons. The lowest BCUT2D eigenvalue weighted by molar-refractivity contribution is -0.137. The maximum Gasteiger partial charge on any atom is 0.304 e. The molecule has 1 aromatic carbocycles. The van der Waals surface area contributed by atoms with Crippen molar-refractivity contribution in [3.8, 4) is 0 Å². The van der Waals surface area contributed by atoms with Gasteiger partial charge >= 0.3 is 5.97 Å². The molecule has 0 unspecified atom stereocenters. The van der Waals surface area contributed by atoms with Gasteiger partial charge in [-0.25, -0.2) is 0 Å². The number of hydrogen-bond acceptors (Lipinski definition) is 3. The van der Waals surface area contributed by atoms with E-state index >= 15 is 0 Å². The van der Waals surface area contributed by atoms with Gasteiger partial charge in [0.1, 0.15) is 0 Å². The molecule has 1 saturated carbocycles. The summed E-state index contributed by atoms with van der Waals surface area (Å²) in [6, 6.07) is 5.29. The predicted molar refractivity (Wildman–Crippen MR) is 81.9 cm³/mol. The molecule has 0 atom stereocenters. The number of para-hydroxylation sites is 1. The number of hydrogen-bond donors (Lipinski definition) is 2.